The second-order valence-electron chi connectivity index (χ2n) is 13.6. The molecule has 1 N–H and O–H groups in total. The highest BCUT2D eigenvalue weighted by Crippen LogP contribution is 2.38. The summed E-state index contributed by atoms with van der Waals surface area (Å²) in [6, 6.07) is 12.8. The first kappa shape index (κ1) is 32.3. The molecule has 4 heterocycles. The van der Waals surface area contributed by atoms with Gasteiger partial charge in [-0.3, -0.25) is 9.59 Å². The number of nitrogens with one attached hydrogen (secondary N) is 1. The van der Waals surface area contributed by atoms with Gasteiger partial charge in [0.15, 0.2) is 5.43 Å². The molecule has 6 rings (SSSR count). The number of carbonyl (C=O) groups is 1. The average Bonchev–Trinajstić information content (AvgIpc) is 3.25. The number of benzene rings is 2. The summed E-state index contributed by atoms with van der Waals surface area (Å²) in [5.41, 5.74) is 5.11. The number of fused-ring (bicyclic) bond motifs is 1. The van der Waals surface area contributed by atoms with Gasteiger partial charge in [-0.25, -0.2) is 4.98 Å². The van der Waals surface area contributed by atoms with Crippen LogP contribution in [0.2, 0.25) is 5.15 Å². The number of hydrogen-bond acceptors (Lipinski definition) is 8. The SMILES string of the molecule is Cc1cc(C(C)Nc2ccc(Cl)nc2-c2ccc(B3OC(C)(C)C(C)(C)O3)c(C=O)c2)c2oc(N3CCCCC3)c(C)c(=O)c2c1. The molecule has 2 aliphatic rings. The molecular weight excluding hydrogens is 601 g/mol. The lowest BCUT2D eigenvalue weighted by atomic mass is 9.75. The summed E-state index contributed by atoms with van der Waals surface area (Å²) < 4.78 is 19.1. The van der Waals surface area contributed by atoms with Gasteiger partial charge in [0, 0.05) is 29.8 Å². The average molecular weight is 642 g/mol. The maximum Gasteiger partial charge on any atom is 0.495 e. The van der Waals surface area contributed by atoms with Crippen molar-refractivity contribution in [3.8, 4) is 11.3 Å². The molecule has 2 fully saturated rings. The Morgan fingerprint density at radius 2 is 1.70 bits per heavy atom. The number of aryl methyl sites for hydroxylation is 1. The van der Waals surface area contributed by atoms with E-state index in [1.807, 2.05) is 72.7 Å². The largest absolute Gasteiger partial charge is 0.495 e. The first-order valence-corrected chi connectivity index (χ1v) is 16.4. The van der Waals surface area contributed by atoms with Crippen molar-refractivity contribution in [3.05, 3.63) is 80.1 Å². The second-order valence-corrected chi connectivity index (χ2v) is 14.0. The van der Waals surface area contributed by atoms with E-state index in [0.717, 1.165) is 49.0 Å². The van der Waals surface area contributed by atoms with Gasteiger partial charge in [0.2, 0.25) is 5.88 Å². The Morgan fingerprint density at radius 3 is 2.37 bits per heavy atom. The first-order chi connectivity index (χ1) is 21.8. The Kier molecular flexibility index (Phi) is 8.55. The Morgan fingerprint density at radius 1 is 1.00 bits per heavy atom. The molecule has 2 aliphatic heterocycles. The van der Waals surface area contributed by atoms with Crippen molar-refractivity contribution < 1.29 is 18.5 Å². The predicted molar refractivity (Wildman–Crippen MR) is 186 cm³/mol. The van der Waals surface area contributed by atoms with Crippen LogP contribution < -0.4 is 21.1 Å². The number of rotatable bonds is 7. The normalized spacial score (nSPS) is 18.2. The minimum Gasteiger partial charge on any atom is -0.440 e. The first-order valence-electron chi connectivity index (χ1n) is 16.0. The summed E-state index contributed by atoms with van der Waals surface area (Å²) in [5, 5.41) is 4.50. The van der Waals surface area contributed by atoms with Gasteiger partial charge in [-0.15, -0.1) is 0 Å². The van der Waals surface area contributed by atoms with Crippen LogP contribution >= 0.6 is 11.6 Å². The Hall–Kier alpha value is -3.66. The number of hydrogen-bond donors (Lipinski definition) is 1. The van der Waals surface area contributed by atoms with E-state index in [1.54, 1.807) is 12.1 Å². The fraction of sp³-hybridized carbons (Fsp3) is 0.417. The van der Waals surface area contributed by atoms with Crippen molar-refractivity contribution >= 4 is 53.0 Å². The van der Waals surface area contributed by atoms with Gasteiger partial charge in [0.25, 0.3) is 0 Å². The monoisotopic (exact) mass is 641 g/mol. The minimum absolute atomic E-state index is 0.00342. The maximum absolute atomic E-state index is 13.6. The van der Waals surface area contributed by atoms with E-state index in [0.29, 0.717) is 49.9 Å². The van der Waals surface area contributed by atoms with E-state index < -0.39 is 18.3 Å². The molecule has 2 aromatic carbocycles. The molecule has 0 spiro atoms. The van der Waals surface area contributed by atoms with Crippen molar-refractivity contribution in [2.45, 2.75) is 85.0 Å². The number of aromatic nitrogens is 1. The van der Waals surface area contributed by atoms with Crippen molar-refractivity contribution in [1.29, 1.82) is 0 Å². The van der Waals surface area contributed by atoms with E-state index in [4.69, 9.17) is 25.3 Å². The van der Waals surface area contributed by atoms with Crippen LogP contribution in [0.15, 0.2) is 51.7 Å². The Balaban J connectivity index is 1.38. The highest BCUT2D eigenvalue weighted by Gasteiger charge is 2.52. The van der Waals surface area contributed by atoms with E-state index in [2.05, 4.69) is 21.3 Å². The number of pyridine rings is 1. The summed E-state index contributed by atoms with van der Waals surface area (Å²) >= 11 is 6.41. The third-order valence-electron chi connectivity index (χ3n) is 9.70. The van der Waals surface area contributed by atoms with Gasteiger partial charge in [-0.1, -0.05) is 29.8 Å². The molecule has 46 heavy (non-hydrogen) atoms. The highest BCUT2D eigenvalue weighted by molar-refractivity contribution is 6.63. The number of carbonyl (C=O) groups excluding carboxylic acids is 1. The van der Waals surface area contributed by atoms with Gasteiger partial charge >= 0.3 is 7.12 Å². The number of piperidine rings is 1. The summed E-state index contributed by atoms with van der Waals surface area (Å²) in [6.07, 6.45) is 4.16. The van der Waals surface area contributed by atoms with Gasteiger partial charge in [-0.05, 0) is 103 Å². The van der Waals surface area contributed by atoms with Crippen molar-refractivity contribution in [2.24, 2.45) is 0 Å². The lowest BCUT2D eigenvalue weighted by Gasteiger charge is -2.32. The molecule has 0 amide bonds. The summed E-state index contributed by atoms with van der Waals surface area (Å²) in [6.45, 7) is 15.6. The Bertz CT molecular complexity index is 1870. The smallest absolute Gasteiger partial charge is 0.440 e. The van der Waals surface area contributed by atoms with Gasteiger partial charge in [0.1, 0.15) is 17.0 Å². The predicted octanol–water partition coefficient (Wildman–Crippen LogP) is 7.40. The zero-order valence-corrected chi connectivity index (χ0v) is 28.4. The number of nitrogens with zero attached hydrogens (tertiary/aromatic N) is 2. The van der Waals surface area contributed by atoms with Crippen LogP contribution in [0.3, 0.4) is 0 Å². The van der Waals surface area contributed by atoms with Crippen LogP contribution in [-0.2, 0) is 9.31 Å². The van der Waals surface area contributed by atoms with Gasteiger partial charge in [0.05, 0.1) is 39.6 Å². The third-order valence-corrected chi connectivity index (χ3v) is 9.91. The molecular formula is C36H41BClN3O5. The molecule has 10 heteroatoms. The van der Waals surface area contributed by atoms with E-state index in [9.17, 15) is 9.59 Å². The molecule has 240 valence electrons. The van der Waals surface area contributed by atoms with Gasteiger partial charge < -0.3 is 23.9 Å². The zero-order valence-electron chi connectivity index (χ0n) is 27.6. The van der Waals surface area contributed by atoms with E-state index >= 15 is 0 Å². The van der Waals surface area contributed by atoms with E-state index in [-0.39, 0.29) is 11.5 Å². The lowest BCUT2D eigenvalue weighted by molar-refractivity contribution is 0.00578. The molecule has 1 atom stereocenters. The van der Waals surface area contributed by atoms with Crippen LogP contribution in [0.25, 0.3) is 22.2 Å². The van der Waals surface area contributed by atoms with Crippen LogP contribution in [0.5, 0.6) is 0 Å². The van der Waals surface area contributed by atoms with Crippen molar-refractivity contribution in [2.75, 3.05) is 23.3 Å². The summed E-state index contributed by atoms with van der Waals surface area (Å²) in [7, 11) is -0.674. The van der Waals surface area contributed by atoms with Crippen LogP contribution in [0.1, 0.15) is 87.0 Å². The van der Waals surface area contributed by atoms with Crippen LogP contribution in [0, 0.1) is 13.8 Å². The highest BCUT2D eigenvalue weighted by atomic mass is 35.5. The molecule has 2 aromatic heterocycles. The zero-order chi connectivity index (χ0) is 33.0. The maximum atomic E-state index is 13.6. The molecule has 4 aromatic rings. The fourth-order valence-electron chi connectivity index (χ4n) is 6.37. The molecule has 0 bridgehead atoms. The molecule has 0 radical (unpaired) electrons. The van der Waals surface area contributed by atoms with Crippen LogP contribution in [0.4, 0.5) is 11.6 Å². The quantitative estimate of drug-likeness (QED) is 0.127. The number of aldehydes is 1. The third kappa shape index (κ3) is 5.85. The lowest BCUT2D eigenvalue weighted by Crippen LogP contribution is -2.41. The van der Waals surface area contributed by atoms with Crippen molar-refractivity contribution in [3.63, 3.8) is 0 Å². The van der Waals surface area contributed by atoms with Crippen molar-refractivity contribution in [1.82, 2.24) is 4.98 Å². The number of halogens is 1. The Labute approximate surface area is 275 Å². The van der Waals surface area contributed by atoms with E-state index in [1.165, 1.54) is 6.42 Å². The molecule has 8 nitrogen and oxygen atoms in total. The minimum atomic E-state index is -0.674. The van der Waals surface area contributed by atoms with Gasteiger partial charge in [-0.2, -0.15) is 0 Å². The topological polar surface area (TPSA) is 93.9 Å². The summed E-state index contributed by atoms with van der Waals surface area (Å²) in [5.74, 6) is 0.659. The standard InChI is InChI=1S/C36H41BClN3O5/c1-21-17-26(33-27(18-21)32(43)22(2)34(44-33)41-15-9-8-10-16-41)23(3)39-29-13-14-30(38)40-31(29)24-11-12-28(25(19-24)20-42)37-45-35(4,5)36(6,7)46-37/h11-14,17-20,23,39H,8-10,15-16H2,1-7H3. The molecule has 2 saturated heterocycles. The fourth-order valence-corrected chi connectivity index (χ4v) is 6.52. The summed E-state index contributed by atoms with van der Waals surface area (Å²) in [4.78, 5) is 32.8. The second kappa shape index (κ2) is 12.2. The molecule has 0 aliphatic carbocycles. The molecule has 1 unspecified atom stereocenters. The number of anilines is 2. The van der Waals surface area contributed by atoms with Crippen LogP contribution in [-0.4, -0.2) is 42.7 Å². The molecule has 0 saturated carbocycles.